The molecule has 23 heavy (non-hydrogen) atoms. The molecule has 0 N–H and O–H groups in total. The Balaban J connectivity index is 1.66. The number of ether oxygens (including phenoxy) is 1. The van der Waals surface area contributed by atoms with E-state index in [4.69, 9.17) is 16.3 Å². The summed E-state index contributed by atoms with van der Waals surface area (Å²) in [5, 5.41) is 1.58. The topological polar surface area (TPSA) is 47.4 Å². The SMILES string of the molecule is CN(C(=O)OC(C)(C)C)C1CC(n2ccc3cnc(Cl)cc32)C1. The quantitative estimate of drug-likeness (QED) is 0.770. The lowest BCUT2D eigenvalue weighted by atomic mass is 9.85. The van der Waals surface area contributed by atoms with E-state index in [1.54, 1.807) is 11.1 Å². The van der Waals surface area contributed by atoms with E-state index in [0.717, 1.165) is 23.7 Å². The summed E-state index contributed by atoms with van der Waals surface area (Å²) in [4.78, 5) is 17.9. The maximum Gasteiger partial charge on any atom is 0.410 e. The number of rotatable bonds is 2. The van der Waals surface area contributed by atoms with Crippen LogP contribution in [0.15, 0.2) is 24.5 Å². The molecule has 0 radical (unpaired) electrons. The van der Waals surface area contributed by atoms with Gasteiger partial charge in [-0.05, 0) is 45.7 Å². The lowest BCUT2D eigenvalue weighted by Gasteiger charge is -2.42. The van der Waals surface area contributed by atoms with Crippen molar-refractivity contribution in [3.05, 3.63) is 29.7 Å². The number of carbonyl (C=O) groups excluding carboxylic acids is 1. The first-order chi connectivity index (χ1) is 10.7. The molecule has 0 atom stereocenters. The van der Waals surface area contributed by atoms with Gasteiger partial charge in [0.1, 0.15) is 10.8 Å². The third-order valence-electron chi connectivity index (χ3n) is 4.28. The molecule has 2 aromatic rings. The molecular weight excluding hydrogens is 314 g/mol. The Labute approximate surface area is 141 Å². The van der Waals surface area contributed by atoms with Crippen LogP contribution in [0.2, 0.25) is 5.15 Å². The normalized spacial score (nSPS) is 21.1. The van der Waals surface area contributed by atoms with Gasteiger partial charge in [0, 0.05) is 36.9 Å². The number of carbonyl (C=O) groups is 1. The minimum absolute atomic E-state index is 0.213. The van der Waals surface area contributed by atoms with Crippen LogP contribution in [0.4, 0.5) is 4.79 Å². The van der Waals surface area contributed by atoms with E-state index >= 15 is 0 Å². The molecular formula is C17H22ClN3O2. The van der Waals surface area contributed by atoms with E-state index in [1.165, 1.54) is 0 Å². The molecule has 0 bridgehead atoms. The van der Waals surface area contributed by atoms with Gasteiger partial charge < -0.3 is 14.2 Å². The van der Waals surface area contributed by atoms with Gasteiger partial charge in [0.25, 0.3) is 0 Å². The number of hydrogen-bond donors (Lipinski definition) is 0. The third-order valence-corrected chi connectivity index (χ3v) is 4.49. The number of pyridine rings is 1. The molecule has 0 saturated heterocycles. The fourth-order valence-corrected chi connectivity index (χ4v) is 3.08. The van der Waals surface area contributed by atoms with Crippen molar-refractivity contribution in [2.45, 2.75) is 51.3 Å². The van der Waals surface area contributed by atoms with Crippen molar-refractivity contribution in [3.8, 4) is 0 Å². The van der Waals surface area contributed by atoms with E-state index < -0.39 is 5.60 Å². The van der Waals surface area contributed by atoms with Gasteiger partial charge >= 0.3 is 6.09 Å². The van der Waals surface area contributed by atoms with E-state index in [2.05, 4.69) is 15.7 Å². The summed E-state index contributed by atoms with van der Waals surface area (Å²) in [6.07, 6.45) is 5.43. The summed E-state index contributed by atoms with van der Waals surface area (Å²) < 4.78 is 7.65. The van der Waals surface area contributed by atoms with Gasteiger partial charge in [0.15, 0.2) is 0 Å². The molecule has 2 aromatic heterocycles. The zero-order valence-corrected chi connectivity index (χ0v) is 14.7. The molecule has 1 fully saturated rings. The molecule has 2 heterocycles. The first-order valence-electron chi connectivity index (χ1n) is 7.82. The van der Waals surface area contributed by atoms with Gasteiger partial charge in [-0.1, -0.05) is 11.6 Å². The van der Waals surface area contributed by atoms with Crippen molar-refractivity contribution in [3.63, 3.8) is 0 Å². The minimum Gasteiger partial charge on any atom is -0.444 e. The Bertz CT molecular complexity index is 729. The summed E-state index contributed by atoms with van der Waals surface area (Å²) in [7, 11) is 1.81. The van der Waals surface area contributed by atoms with Crippen LogP contribution in [0.3, 0.4) is 0 Å². The first-order valence-corrected chi connectivity index (χ1v) is 8.20. The van der Waals surface area contributed by atoms with Crippen LogP contribution in [-0.2, 0) is 4.74 Å². The smallest absolute Gasteiger partial charge is 0.410 e. The molecule has 0 aliphatic heterocycles. The van der Waals surface area contributed by atoms with E-state index in [9.17, 15) is 4.79 Å². The highest BCUT2D eigenvalue weighted by Gasteiger charge is 2.37. The Morgan fingerprint density at radius 2 is 2.13 bits per heavy atom. The molecule has 3 rings (SSSR count). The molecule has 5 nitrogen and oxygen atoms in total. The number of aromatic nitrogens is 2. The fraction of sp³-hybridized carbons (Fsp3) is 0.529. The number of fused-ring (bicyclic) bond motifs is 1. The average Bonchev–Trinajstić information content (AvgIpc) is 2.78. The lowest BCUT2D eigenvalue weighted by Crippen LogP contribution is -2.47. The summed E-state index contributed by atoms with van der Waals surface area (Å²) in [6.45, 7) is 5.64. The van der Waals surface area contributed by atoms with Gasteiger partial charge in [0.2, 0.25) is 0 Å². The van der Waals surface area contributed by atoms with Gasteiger partial charge in [0.05, 0.1) is 5.52 Å². The van der Waals surface area contributed by atoms with Crippen molar-refractivity contribution in [1.82, 2.24) is 14.5 Å². The third kappa shape index (κ3) is 3.29. The van der Waals surface area contributed by atoms with Crippen molar-refractivity contribution < 1.29 is 9.53 Å². The second-order valence-corrected chi connectivity index (χ2v) is 7.55. The standard InChI is InChI=1S/C17H22ClN3O2/c1-17(2,3)23-16(22)20(4)12-7-13(8-12)21-6-5-11-10-19-15(18)9-14(11)21/h5-6,9-10,12-13H,7-8H2,1-4H3. The lowest BCUT2D eigenvalue weighted by molar-refractivity contribution is 0.00813. The number of nitrogens with zero attached hydrogens (tertiary/aromatic N) is 3. The summed E-state index contributed by atoms with van der Waals surface area (Å²) in [5.74, 6) is 0. The molecule has 0 unspecified atom stereocenters. The van der Waals surface area contributed by atoms with Crippen molar-refractivity contribution in [2.24, 2.45) is 0 Å². The van der Waals surface area contributed by atoms with Crippen LogP contribution in [0.1, 0.15) is 39.7 Å². The maximum atomic E-state index is 12.1. The van der Waals surface area contributed by atoms with E-state index in [-0.39, 0.29) is 12.1 Å². The molecule has 124 valence electrons. The van der Waals surface area contributed by atoms with Crippen LogP contribution in [0, 0.1) is 0 Å². The van der Waals surface area contributed by atoms with Crippen molar-refractivity contribution in [2.75, 3.05) is 7.05 Å². The van der Waals surface area contributed by atoms with Crippen molar-refractivity contribution in [1.29, 1.82) is 0 Å². The average molecular weight is 336 g/mol. The highest BCUT2D eigenvalue weighted by atomic mass is 35.5. The first kappa shape index (κ1) is 16.1. The fourth-order valence-electron chi connectivity index (χ4n) is 2.93. The Morgan fingerprint density at radius 3 is 2.78 bits per heavy atom. The van der Waals surface area contributed by atoms with Gasteiger partial charge in [-0.25, -0.2) is 9.78 Å². The van der Waals surface area contributed by atoms with Crippen LogP contribution in [-0.4, -0.2) is 39.2 Å². The van der Waals surface area contributed by atoms with Gasteiger partial charge in [-0.3, -0.25) is 0 Å². The second-order valence-electron chi connectivity index (χ2n) is 7.16. The molecule has 1 aliphatic rings. The highest BCUT2D eigenvalue weighted by Crippen LogP contribution is 2.38. The van der Waals surface area contributed by atoms with Crippen LogP contribution in [0.5, 0.6) is 0 Å². The maximum absolute atomic E-state index is 12.1. The largest absolute Gasteiger partial charge is 0.444 e. The molecule has 1 saturated carbocycles. The Kier molecular flexibility index (Phi) is 4.00. The van der Waals surface area contributed by atoms with Crippen LogP contribution >= 0.6 is 11.6 Å². The number of hydrogen-bond acceptors (Lipinski definition) is 3. The van der Waals surface area contributed by atoms with Gasteiger partial charge in [-0.2, -0.15) is 0 Å². The highest BCUT2D eigenvalue weighted by molar-refractivity contribution is 6.30. The van der Waals surface area contributed by atoms with Crippen LogP contribution < -0.4 is 0 Å². The number of amides is 1. The predicted molar refractivity (Wildman–Crippen MR) is 90.8 cm³/mol. The van der Waals surface area contributed by atoms with Gasteiger partial charge in [-0.15, -0.1) is 0 Å². The number of halogens is 1. The van der Waals surface area contributed by atoms with E-state index in [1.807, 2.05) is 40.0 Å². The van der Waals surface area contributed by atoms with Crippen molar-refractivity contribution >= 4 is 28.6 Å². The summed E-state index contributed by atoms with van der Waals surface area (Å²) in [6, 6.07) is 4.52. The summed E-state index contributed by atoms with van der Waals surface area (Å²) in [5.41, 5.74) is 0.628. The monoisotopic (exact) mass is 335 g/mol. The molecule has 0 aromatic carbocycles. The molecule has 1 amide bonds. The second kappa shape index (κ2) is 5.71. The molecule has 0 spiro atoms. The zero-order chi connectivity index (χ0) is 16.8. The summed E-state index contributed by atoms with van der Waals surface area (Å²) >= 11 is 6.00. The Hall–Kier alpha value is -1.75. The Morgan fingerprint density at radius 1 is 1.43 bits per heavy atom. The molecule has 6 heteroatoms. The van der Waals surface area contributed by atoms with E-state index in [0.29, 0.717) is 11.2 Å². The van der Waals surface area contributed by atoms with Crippen LogP contribution in [0.25, 0.3) is 10.9 Å². The zero-order valence-electron chi connectivity index (χ0n) is 13.9. The molecule has 1 aliphatic carbocycles. The predicted octanol–water partition coefficient (Wildman–Crippen LogP) is 4.26. The minimum atomic E-state index is -0.463.